The summed E-state index contributed by atoms with van der Waals surface area (Å²) in [5.74, 6) is 0.0187. The first-order chi connectivity index (χ1) is 13.1. The molecule has 1 saturated heterocycles. The molecular weight excluding hydrogens is 342 g/mol. The number of carbonyl (C=O) groups excluding carboxylic acids is 2. The predicted molar refractivity (Wildman–Crippen MR) is 105 cm³/mol. The fourth-order valence-corrected chi connectivity index (χ4v) is 4.28. The summed E-state index contributed by atoms with van der Waals surface area (Å²) in [5, 5.41) is 2.95. The third-order valence-corrected chi connectivity index (χ3v) is 5.65. The Morgan fingerprint density at radius 2 is 1.96 bits per heavy atom. The summed E-state index contributed by atoms with van der Waals surface area (Å²) >= 11 is 0. The van der Waals surface area contributed by atoms with Gasteiger partial charge in [0.2, 0.25) is 11.8 Å². The number of carbonyl (C=O) groups is 2. The van der Waals surface area contributed by atoms with Crippen molar-refractivity contribution < 1.29 is 14.3 Å². The van der Waals surface area contributed by atoms with E-state index < -0.39 is 0 Å². The molecule has 148 valence electrons. The van der Waals surface area contributed by atoms with Crippen molar-refractivity contribution in [1.82, 2.24) is 15.1 Å². The number of fused-ring (bicyclic) bond motifs is 1. The molecule has 2 aliphatic rings. The molecule has 2 amide bonds. The van der Waals surface area contributed by atoms with Gasteiger partial charge in [0.05, 0.1) is 19.1 Å². The van der Waals surface area contributed by atoms with Gasteiger partial charge in [0.15, 0.2) is 0 Å². The van der Waals surface area contributed by atoms with Gasteiger partial charge in [-0.2, -0.15) is 0 Å². The van der Waals surface area contributed by atoms with Crippen molar-refractivity contribution in [2.45, 2.75) is 44.7 Å². The highest BCUT2D eigenvalue weighted by atomic mass is 16.5. The molecule has 0 unspecified atom stereocenters. The van der Waals surface area contributed by atoms with Gasteiger partial charge in [-0.15, -0.1) is 0 Å². The maximum atomic E-state index is 12.9. The number of ether oxygens (including phenoxy) is 1. The second-order valence-corrected chi connectivity index (χ2v) is 7.45. The molecule has 1 N–H and O–H groups in total. The number of nitrogens with one attached hydrogen (secondary N) is 1. The van der Waals surface area contributed by atoms with Crippen molar-refractivity contribution in [3.63, 3.8) is 0 Å². The van der Waals surface area contributed by atoms with E-state index in [-0.39, 0.29) is 24.3 Å². The number of nitrogens with zero attached hydrogens (tertiary/aromatic N) is 2. The third-order valence-electron chi connectivity index (χ3n) is 5.65. The van der Waals surface area contributed by atoms with E-state index in [0.29, 0.717) is 32.3 Å². The van der Waals surface area contributed by atoms with Crippen molar-refractivity contribution >= 4 is 11.8 Å². The third kappa shape index (κ3) is 4.68. The number of benzene rings is 1. The maximum Gasteiger partial charge on any atom is 0.237 e. The van der Waals surface area contributed by atoms with Crippen molar-refractivity contribution in [3.8, 4) is 0 Å². The zero-order chi connectivity index (χ0) is 19.2. The Bertz CT molecular complexity index is 639. The van der Waals surface area contributed by atoms with Gasteiger partial charge < -0.3 is 15.0 Å². The fraction of sp³-hybridized carbons (Fsp3) is 0.619. The summed E-state index contributed by atoms with van der Waals surface area (Å²) < 4.78 is 5.13. The van der Waals surface area contributed by atoms with Gasteiger partial charge in [0, 0.05) is 39.3 Å². The van der Waals surface area contributed by atoms with E-state index in [1.807, 2.05) is 4.90 Å². The molecule has 0 spiro atoms. The van der Waals surface area contributed by atoms with Crippen LogP contribution < -0.4 is 5.32 Å². The second-order valence-electron chi connectivity index (χ2n) is 7.45. The molecular formula is C21H31N3O3. The predicted octanol–water partition coefficient (Wildman–Crippen LogP) is 1.23. The van der Waals surface area contributed by atoms with Crippen LogP contribution in [0.2, 0.25) is 0 Å². The van der Waals surface area contributed by atoms with Crippen molar-refractivity contribution in [2.75, 3.05) is 39.9 Å². The minimum Gasteiger partial charge on any atom is -0.383 e. The van der Waals surface area contributed by atoms with Crippen LogP contribution in [0.1, 0.15) is 30.9 Å². The van der Waals surface area contributed by atoms with Crippen LogP contribution in [-0.4, -0.2) is 73.6 Å². The SMILES string of the molecule is CCCN(CCOC)C(=O)C[C@H]1C(=O)NCCN1C1Cc2ccccc2C1. The maximum absolute atomic E-state index is 12.9. The topological polar surface area (TPSA) is 61.9 Å². The first-order valence-corrected chi connectivity index (χ1v) is 10.0. The highest BCUT2D eigenvalue weighted by molar-refractivity contribution is 5.89. The number of methoxy groups -OCH3 is 1. The zero-order valence-electron chi connectivity index (χ0n) is 16.4. The average molecular weight is 373 g/mol. The number of hydrogen-bond acceptors (Lipinski definition) is 4. The van der Waals surface area contributed by atoms with Gasteiger partial charge in [0.25, 0.3) is 0 Å². The molecule has 0 aromatic heterocycles. The molecule has 1 aliphatic heterocycles. The van der Waals surface area contributed by atoms with Crippen LogP contribution >= 0.6 is 0 Å². The smallest absolute Gasteiger partial charge is 0.237 e. The van der Waals surface area contributed by atoms with Crippen LogP contribution in [0.4, 0.5) is 0 Å². The quantitative estimate of drug-likeness (QED) is 0.745. The summed E-state index contributed by atoms with van der Waals surface area (Å²) in [4.78, 5) is 29.6. The van der Waals surface area contributed by atoms with Crippen LogP contribution in [0.5, 0.6) is 0 Å². The van der Waals surface area contributed by atoms with E-state index in [9.17, 15) is 9.59 Å². The summed E-state index contributed by atoms with van der Waals surface area (Å²) in [5.41, 5.74) is 2.73. The largest absolute Gasteiger partial charge is 0.383 e. The minimum atomic E-state index is -0.382. The van der Waals surface area contributed by atoms with E-state index >= 15 is 0 Å². The number of rotatable bonds is 8. The van der Waals surface area contributed by atoms with E-state index in [1.165, 1.54) is 11.1 Å². The first kappa shape index (κ1) is 19.8. The molecule has 1 aliphatic carbocycles. The van der Waals surface area contributed by atoms with Crippen molar-refractivity contribution in [2.24, 2.45) is 0 Å². The minimum absolute atomic E-state index is 0.0197. The Hall–Kier alpha value is -1.92. The first-order valence-electron chi connectivity index (χ1n) is 10.0. The van der Waals surface area contributed by atoms with Crippen LogP contribution in [0.25, 0.3) is 0 Å². The standard InChI is InChI=1S/C21H31N3O3/c1-3-9-23(11-12-27-2)20(25)15-19-21(26)22-8-10-24(19)18-13-16-6-4-5-7-17(16)14-18/h4-7,18-19H,3,8-15H2,1-2H3,(H,22,26)/t19-/m0/s1. The average Bonchev–Trinajstić information content (AvgIpc) is 3.10. The molecule has 6 nitrogen and oxygen atoms in total. The summed E-state index contributed by atoms with van der Waals surface area (Å²) in [6.07, 6.45) is 3.04. The lowest BCUT2D eigenvalue weighted by atomic mass is 10.0. The Morgan fingerprint density at radius 1 is 1.26 bits per heavy atom. The number of hydrogen-bond donors (Lipinski definition) is 1. The van der Waals surface area contributed by atoms with Crippen LogP contribution in [-0.2, 0) is 27.2 Å². The lowest BCUT2D eigenvalue weighted by molar-refractivity contribution is -0.140. The molecule has 27 heavy (non-hydrogen) atoms. The molecule has 0 bridgehead atoms. The van der Waals surface area contributed by atoms with E-state index in [2.05, 4.69) is 41.4 Å². The van der Waals surface area contributed by atoms with Crippen LogP contribution in [0.15, 0.2) is 24.3 Å². The molecule has 0 radical (unpaired) electrons. The molecule has 6 heteroatoms. The number of amides is 2. The normalized spacial score (nSPS) is 20.4. The van der Waals surface area contributed by atoms with Gasteiger partial charge in [-0.25, -0.2) is 0 Å². The molecule has 1 heterocycles. The fourth-order valence-electron chi connectivity index (χ4n) is 4.28. The highest BCUT2D eigenvalue weighted by Crippen LogP contribution is 2.28. The Labute approximate surface area is 161 Å². The summed E-state index contributed by atoms with van der Waals surface area (Å²) in [6.45, 7) is 5.30. The molecule has 3 rings (SSSR count). The Balaban J connectivity index is 1.69. The van der Waals surface area contributed by atoms with Crippen LogP contribution in [0.3, 0.4) is 0 Å². The number of piperazine rings is 1. The van der Waals surface area contributed by atoms with E-state index in [0.717, 1.165) is 25.8 Å². The summed E-state index contributed by atoms with van der Waals surface area (Å²) in [6, 6.07) is 8.41. The van der Waals surface area contributed by atoms with Gasteiger partial charge in [-0.1, -0.05) is 31.2 Å². The monoisotopic (exact) mass is 373 g/mol. The highest BCUT2D eigenvalue weighted by Gasteiger charge is 2.38. The lowest BCUT2D eigenvalue weighted by Crippen LogP contribution is -2.60. The van der Waals surface area contributed by atoms with Gasteiger partial charge in [0.1, 0.15) is 0 Å². The van der Waals surface area contributed by atoms with Gasteiger partial charge >= 0.3 is 0 Å². The lowest BCUT2D eigenvalue weighted by Gasteiger charge is -2.39. The van der Waals surface area contributed by atoms with Crippen molar-refractivity contribution in [1.29, 1.82) is 0 Å². The van der Waals surface area contributed by atoms with Gasteiger partial charge in [-0.3, -0.25) is 14.5 Å². The van der Waals surface area contributed by atoms with E-state index in [4.69, 9.17) is 4.74 Å². The second kappa shape index (κ2) is 9.33. The Morgan fingerprint density at radius 3 is 2.59 bits per heavy atom. The molecule has 1 aromatic carbocycles. The summed E-state index contributed by atoms with van der Waals surface area (Å²) in [7, 11) is 1.64. The van der Waals surface area contributed by atoms with E-state index in [1.54, 1.807) is 7.11 Å². The molecule has 1 atom stereocenters. The van der Waals surface area contributed by atoms with Crippen molar-refractivity contribution in [3.05, 3.63) is 35.4 Å². The zero-order valence-corrected chi connectivity index (χ0v) is 16.4. The van der Waals surface area contributed by atoms with Crippen LogP contribution in [0, 0.1) is 0 Å². The molecule has 0 saturated carbocycles. The molecule has 1 aromatic rings. The Kier molecular flexibility index (Phi) is 6.85. The molecule has 1 fully saturated rings. The van der Waals surface area contributed by atoms with Gasteiger partial charge in [-0.05, 0) is 30.4 Å².